The monoisotopic (exact) mass is 564 g/mol. The predicted molar refractivity (Wildman–Crippen MR) is 149 cm³/mol. The van der Waals surface area contributed by atoms with Gasteiger partial charge in [-0.1, -0.05) is 18.2 Å². The molecule has 11 heteroatoms. The summed E-state index contributed by atoms with van der Waals surface area (Å²) in [6, 6.07) is 15.9. The van der Waals surface area contributed by atoms with Gasteiger partial charge in [-0.2, -0.15) is 18.3 Å². The number of alkyl halides is 3. The number of aromatic nitrogens is 1. The van der Waals surface area contributed by atoms with Gasteiger partial charge in [-0.25, -0.2) is 5.01 Å². The van der Waals surface area contributed by atoms with Gasteiger partial charge in [-0.3, -0.25) is 9.78 Å². The van der Waals surface area contributed by atoms with E-state index in [1.165, 1.54) is 45.5 Å². The first-order valence-electron chi connectivity index (χ1n) is 12.6. The molecule has 1 aliphatic heterocycles. The molecule has 1 unspecified atom stereocenters. The highest BCUT2D eigenvalue weighted by Gasteiger charge is 2.33. The number of ether oxygens (including phenoxy) is 3. The van der Waals surface area contributed by atoms with Crippen molar-refractivity contribution in [1.29, 1.82) is 0 Å². The fraction of sp³-hybridized carbons (Fsp3) is 0.233. The predicted octanol–water partition coefficient (Wildman–Crippen LogP) is 6.72. The standard InChI is InChI=1S/C30H27F3N4O4/c1-17(38)37-26(16-24(36-37)19-13-27(39-2)29(41-4)28(14-19)40-3)18-6-5-7-21(12-18)35-23-10-11-34-25-15-20(30(31,32)33)8-9-22(23)25/h5-15,26H,16H2,1-4H3,(H,34,35). The highest BCUT2D eigenvalue weighted by atomic mass is 19.4. The van der Waals surface area contributed by atoms with E-state index < -0.39 is 11.7 Å². The largest absolute Gasteiger partial charge is 0.493 e. The second-order valence-electron chi connectivity index (χ2n) is 9.38. The molecule has 5 rings (SSSR count). The highest BCUT2D eigenvalue weighted by Crippen LogP contribution is 2.41. The van der Waals surface area contributed by atoms with E-state index in [1.807, 2.05) is 24.3 Å². The Labute approximate surface area is 234 Å². The van der Waals surface area contributed by atoms with E-state index in [9.17, 15) is 18.0 Å². The van der Waals surface area contributed by atoms with E-state index in [2.05, 4.69) is 15.4 Å². The molecule has 0 bridgehead atoms. The molecule has 1 N–H and O–H groups in total. The van der Waals surface area contributed by atoms with Crippen LogP contribution in [-0.4, -0.2) is 42.9 Å². The summed E-state index contributed by atoms with van der Waals surface area (Å²) in [7, 11) is 4.58. The van der Waals surface area contributed by atoms with E-state index in [0.29, 0.717) is 46.1 Å². The number of anilines is 2. The Balaban J connectivity index is 1.45. The van der Waals surface area contributed by atoms with Crippen molar-refractivity contribution < 1.29 is 32.2 Å². The Kier molecular flexibility index (Phi) is 7.44. The topological polar surface area (TPSA) is 85.3 Å². The molecule has 0 radical (unpaired) electrons. The molecule has 0 aliphatic carbocycles. The number of rotatable bonds is 7. The van der Waals surface area contributed by atoms with Crippen molar-refractivity contribution >= 4 is 33.9 Å². The summed E-state index contributed by atoms with van der Waals surface area (Å²) in [4.78, 5) is 16.7. The molecule has 0 spiro atoms. The van der Waals surface area contributed by atoms with Crippen LogP contribution in [0.25, 0.3) is 10.9 Å². The second-order valence-corrected chi connectivity index (χ2v) is 9.38. The number of pyridine rings is 1. The number of hydrogen-bond acceptors (Lipinski definition) is 7. The van der Waals surface area contributed by atoms with Crippen LogP contribution in [0.1, 0.15) is 36.1 Å². The number of amides is 1. The lowest BCUT2D eigenvalue weighted by atomic mass is 9.97. The first kappa shape index (κ1) is 27.8. The van der Waals surface area contributed by atoms with Crippen molar-refractivity contribution in [2.24, 2.45) is 5.10 Å². The molecule has 1 amide bonds. The third-order valence-electron chi connectivity index (χ3n) is 6.85. The maximum atomic E-state index is 13.2. The third kappa shape index (κ3) is 5.47. The van der Waals surface area contributed by atoms with Crippen LogP contribution in [0.4, 0.5) is 24.5 Å². The normalized spacial score (nSPS) is 15.0. The third-order valence-corrected chi connectivity index (χ3v) is 6.85. The fourth-order valence-electron chi connectivity index (χ4n) is 4.90. The van der Waals surface area contributed by atoms with Crippen LogP contribution in [-0.2, 0) is 11.0 Å². The minimum atomic E-state index is -4.46. The first-order valence-corrected chi connectivity index (χ1v) is 12.6. The number of nitrogens with one attached hydrogen (secondary N) is 1. The van der Waals surface area contributed by atoms with Crippen molar-refractivity contribution in [1.82, 2.24) is 9.99 Å². The summed E-state index contributed by atoms with van der Waals surface area (Å²) >= 11 is 0. The van der Waals surface area contributed by atoms with Crippen LogP contribution in [0.5, 0.6) is 17.2 Å². The van der Waals surface area contributed by atoms with Crippen LogP contribution in [0.2, 0.25) is 0 Å². The van der Waals surface area contributed by atoms with Gasteiger partial charge in [0, 0.05) is 41.9 Å². The summed E-state index contributed by atoms with van der Waals surface area (Å²) in [5, 5.41) is 9.91. The van der Waals surface area contributed by atoms with Crippen LogP contribution in [0.3, 0.4) is 0 Å². The van der Waals surface area contributed by atoms with Gasteiger partial charge in [0.1, 0.15) is 0 Å². The van der Waals surface area contributed by atoms with Gasteiger partial charge >= 0.3 is 6.18 Å². The van der Waals surface area contributed by atoms with Gasteiger partial charge in [0.05, 0.1) is 44.2 Å². The number of carbonyl (C=O) groups is 1. The molecule has 41 heavy (non-hydrogen) atoms. The number of hydrogen-bond donors (Lipinski definition) is 1. The maximum absolute atomic E-state index is 13.2. The molecule has 1 aromatic heterocycles. The number of hydrazone groups is 1. The van der Waals surface area contributed by atoms with Crippen LogP contribution < -0.4 is 19.5 Å². The number of nitrogens with zero attached hydrogens (tertiary/aromatic N) is 3. The molecule has 0 fully saturated rings. The molecular formula is C30H27F3N4O4. The lowest BCUT2D eigenvalue weighted by Gasteiger charge is -2.21. The Morgan fingerprint density at radius 3 is 2.34 bits per heavy atom. The van der Waals surface area contributed by atoms with E-state index >= 15 is 0 Å². The number of fused-ring (bicyclic) bond motifs is 1. The van der Waals surface area contributed by atoms with Gasteiger partial charge in [-0.05, 0) is 48.0 Å². The average Bonchev–Trinajstić information content (AvgIpc) is 3.42. The van der Waals surface area contributed by atoms with E-state index in [1.54, 1.807) is 18.2 Å². The number of halogens is 3. The minimum Gasteiger partial charge on any atom is -0.493 e. The van der Waals surface area contributed by atoms with Gasteiger partial charge in [0.2, 0.25) is 11.7 Å². The zero-order valence-electron chi connectivity index (χ0n) is 22.7. The van der Waals surface area contributed by atoms with Crippen LogP contribution >= 0.6 is 0 Å². The summed E-state index contributed by atoms with van der Waals surface area (Å²) in [6.07, 6.45) is -2.57. The lowest BCUT2D eigenvalue weighted by molar-refractivity contribution is -0.137. The molecular weight excluding hydrogens is 537 g/mol. The number of carbonyl (C=O) groups excluding carboxylic acids is 1. The SMILES string of the molecule is COc1cc(C2=NN(C(C)=O)C(c3cccc(Nc4ccnc5cc(C(F)(F)F)ccc45)c3)C2)cc(OC)c1OC. The van der Waals surface area contributed by atoms with E-state index in [0.717, 1.165) is 23.3 Å². The Bertz CT molecular complexity index is 1630. The molecule has 212 valence electrons. The lowest BCUT2D eigenvalue weighted by Crippen LogP contribution is -2.24. The molecule has 0 saturated carbocycles. The number of methoxy groups -OCH3 is 3. The summed E-state index contributed by atoms with van der Waals surface area (Å²) in [5.41, 5.74) is 2.99. The maximum Gasteiger partial charge on any atom is 0.416 e. The quantitative estimate of drug-likeness (QED) is 0.268. The van der Waals surface area contributed by atoms with Gasteiger partial charge in [0.25, 0.3) is 0 Å². The van der Waals surface area contributed by atoms with Crippen LogP contribution in [0, 0.1) is 0 Å². The van der Waals surface area contributed by atoms with Gasteiger partial charge in [0.15, 0.2) is 11.5 Å². The summed E-state index contributed by atoms with van der Waals surface area (Å²) < 4.78 is 56.0. The first-order chi connectivity index (χ1) is 19.6. The molecule has 1 atom stereocenters. The minimum absolute atomic E-state index is 0.225. The van der Waals surface area contributed by atoms with Crippen molar-refractivity contribution in [3.05, 3.63) is 83.6 Å². The summed E-state index contributed by atoms with van der Waals surface area (Å²) in [5.74, 6) is 1.17. The average molecular weight is 565 g/mol. The zero-order valence-corrected chi connectivity index (χ0v) is 22.7. The Morgan fingerprint density at radius 2 is 1.71 bits per heavy atom. The molecule has 2 heterocycles. The summed E-state index contributed by atoms with van der Waals surface area (Å²) in [6.45, 7) is 1.45. The van der Waals surface area contributed by atoms with Crippen molar-refractivity contribution in [3.63, 3.8) is 0 Å². The van der Waals surface area contributed by atoms with Gasteiger partial charge < -0.3 is 19.5 Å². The van der Waals surface area contributed by atoms with E-state index in [-0.39, 0.29) is 17.5 Å². The fourth-order valence-corrected chi connectivity index (χ4v) is 4.90. The highest BCUT2D eigenvalue weighted by molar-refractivity contribution is 6.04. The zero-order chi connectivity index (χ0) is 29.3. The smallest absolute Gasteiger partial charge is 0.416 e. The molecule has 8 nitrogen and oxygen atoms in total. The molecule has 1 aliphatic rings. The second kappa shape index (κ2) is 11.0. The molecule has 3 aromatic carbocycles. The van der Waals surface area contributed by atoms with Crippen molar-refractivity contribution in [3.8, 4) is 17.2 Å². The molecule has 4 aromatic rings. The van der Waals surface area contributed by atoms with Gasteiger partial charge in [-0.15, -0.1) is 0 Å². The molecule has 0 saturated heterocycles. The van der Waals surface area contributed by atoms with Crippen LogP contribution in [0.15, 0.2) is 72.0 Å². The van der Waals surface area contributed by atoms with E-state index in [4.69, 9.17) is 14.2 Å². The number of benzene rings is 3. The van der Waals surface area contributed by atoms with Crippen molar-refractivity contribution in [2.45, 2.75) is 25.6 Å². The van der Waals surface area contributed by atoms with Crippen molar-refractivity contribution in [2.75, 3.05) is 26.6 Å². The Morgan fingerprint density at radius 1 is 0.976 bits per heavy atom. The Hall–Kier alpha value is -4.80.